The molecule has 1 aliphatic carbocycles. The van der Waals surface area contributed by atoms with Gasteiger partial charge in [0.25, 0.3) is 0 Å². The Labute approximate surface area is 109 Å². The van der Waals surface area contributed by atoms with E-state index in [2.05, 4.69) is 20.8 Å². The SMILES string of the molecule is CC(C)CC(N)C(=O)O[C@H]1CCC2C(C)COC21. The first-order chi connectivity index (χ1) is 8.49. The van der Waals surface area contributed by atoms with Crippen LogP contribution in [0, 0.1) is 17.8 Å². The molecule has 2 fully saturated rings. The summed E-state index contributed by atoms with van der Waals surface area (Å²) in [5, 5.41) is 0. The fraction of sp³-hybridized carbons (Fsp3) is 0.929. The van der Waals surface area contributed by atoms with Crippen LogP contribution in [-0.4, -0.2) is 30.8 Å². The summed E-state index contributed by atoms with van der Waals surface area (Å²) >= 11 is 0. The lowest BCUT2D eigenvalue weighted by molar-refractivity contribution is -0.156. The number of carbonyl (C=O) groups is 1. The van der Waals surface area contributed by atoms with Crippen LogP contribution >= 0.6 is 0 Å². The average molecular weight is 255 g/mol. The minimum absolute atomic E-state index is 0.0781. The molecular weight excluding hydrogens is 230 g/mol. The summed E-state index contributed by atoms with van der Waals surface area (Å²) in [6.07, 6.45) is 2.72. The summed E-state index contributed by atoms with van der Waals surface area (Å²) in [7, 11) is 0. The van der Waals surface area contributed by atoms with Gasteiger partial charge in [-0.2, -0.15) is 0 Å². The molecule has 4 unspecified atom stereocenters. The highest BCUT2D eigenvalue weighted by Crippen LogP contribution is 2.40. The van der Waals surface area contributed by atoms with Gasteiger partial charge in [-0.1, -0.05) is 20.8 Å². The highest BCUT2D eigenvalue weighted by atomic mass is 16.6. The van der Waals surface area contributed by atoms with Crippen LogP contribution in [0.3, 0.4) is 0 Å². The van der Waals surface area contributed by atoms with Crippen molar-refractivity contribution in [2.45, 2.75) is 58.3 Å². The highest BCUT2D eigenvalue weighted by molar-refractivity contribution is 5.75. The molecule has 0 amide bonds. The molecule has 2 aliphatic rings. The lowest BCUT2D eigenvalue weighted by Gasteiger charge is -2.21. The van der Waals surface area contributed by atoms with E-state index in [0.717, 1.165) is 19.4 Å². The second-order valence-corrected chi connectivity index (χ2v) is 6.23. The average Bonchev–Trinajstić information content (AvgIpc) is 2.83. The molecule has 5 atom stereocenters. The molecule has 104 valence electrons. The molecule has 1 saturated carbocycles. The van der Waals surface area contributed by atoms with Crippen molar-refractivity contribution in [2.24, 2.45) is 23.5 Å². The number of hydrogen-bond acceptors (Lipinski definition) is 4. The predicted octanol–water partition coefficient (Wildman–Crippen LogP) is 1.72. The maximum atomic E-state index is 11.9. The number of esters is 1. The first-order valence-electron chi connectivity index (χ1n) is 7.06. The lowest BCUT2D eigenvalue weighted by Crippen LogP contribution is -2.38. The van der Waals surface area contributed by atoms with Gasteiger partial charge in [-0.15, -0.1) is 0 Å². The molecule has 0 aromatic carbocycles. The monoisotopic (exact) mass is 255 g/mol. The number of nitrogens with two attached hydrogens (primary N) is 1. The number of hydrogen-bond donors (Lipinski definition) is 1. The van der Waals surface area contributed by atoms with Crippen molar-refractivity contribution in [3.8, 4) is 0 Å². The van der Waals surface area contributed by atoms with E-state index >= 15 is 0 Å². The summed E-state index contributed by atoms with van der Waals surface area (Å²) in [6.45, 7) is 7.11. The van der Waals surface area contributed by atoms with E-state index < -0.39 is 6.04 Å². The number of carbonyl (C=O) groups excluding carboxylic acids is 1. The molecule has 1 aliphatic heterocycles. The van der Waals surface area contributed by atoms with E-state index in [9.17, 15) is 4.79 Å². The van der Waals surface area contributed by atoms with E-state index in [-0.39, 0.29) is 18.2 Å². The first kappa shape index (κ1) is 13.8. The third-order valence-corrected chi connectivity index (χ3v) is 4.15. The Kier molecular flexibility index (Phi) is 4.28. The minimum atomic E-state index is -0.497. The van der Waals surface area contributed by atoms with Gasteiger partial charge in [0.15, 0.2) is 0 Å². The predicted molar refractivity (Wildman–Crippen MR) is 68.9 cm³/mol. The van der Waals surface area contributed by atoms with Gasteiger partial charge in [-0.3, -0.25) is 4.79 Å². The normalized spacial score (nSPS) is 36.7. The first-order valence-corrected chi connectivity index (χ1v) is 7.06. The maximum Gasteiger partial charge on any atom is 0.323 e. The van der Waals surface area contributed by atoms with Crippen molar-refractivity contribution >= 4 is 5.97 Å². The van der Waals surface area contributed by atoms with Gasteiger partial charge in [-0.25, -0.2) is 0 Å². The zero-order valence-corrected chi connectivity index (χ0v) is 11.6. The zero-order chi connectivity index (χ0) is 13.3. The largest absolute Gasteiger partial charge is 0.458 e. The van der Waals surface area contributed by atoms with Crippen molar-refractivity contribution in [3.63, 3.8) is 0 Å². The Bertz CT molecular complexity index is 305. The second-order valence-electron chi connectivity index (χ2n) is 6.23. The molecule has 2 N–H and O–H groups in total. The van der Waals surface area contributed by atoms with E-state index in [4.69, 9.17) is 15.2 Å². The van der Waals surface area contributed by atoms with E-state index in [1.165, 1.54) is 0 Å². The molecule has 0 radical (unpaired) electrons. The molecule has 0 aromatic heterocycles. The van der Waals surface area contributed by atoms with Crippen LogP contribution in [0.25, 0.3) is 0 Å². The molecule has 1 saturated heterocycles. The van der Waals surface area contributed by atoms with Gasteiger partial charge < -0.3 is 15.2 Å². The van der Waals surface area contributed by atoms with Gasteiger partial charge >= 0.3 is 5.97 Å². The number of fused-ring (bicyclic) bond motifs is 1. The number of ether oxygens (including phenoxy) is 2. The van der Waals surface area contributed by atoms with Gasteiger partial charge in [0.2, 0.25) is 0 Å². The Morgan fingerprint density at radius 1 is 1.44 bits per heavy atom. The van der Waals surface area contributed by atoms with Crippen LogP contribution in [0.2, 0.25) is 0 Å². The van der Waals surface area contributed by atoms with Crippen LogP contribution in [0.1, 0.15) is 40.0 Å². The van der Waals surface area contributed by atoms with Crippen LogP contribution in [-0.2, 0) is 14.3 Å². The second kappa shape index (κ2) is 5.57. The summed E-state index contributed by atoms with van der Waals surface area (Å²) in [4.78, 5) is 11.9. The summed E-state index contributed by atoms with van der Waals surface area (Å²) < 4.78 is 11.3. The molecule has 1 heterocycles. The van der Waals surface area contributed by atoms with Crippen molar-refractivity contribution < 1.29 is 14.3 Å². The fourth-order valence-electron chi connectivity index (χ4n) is 3.15. The van der Waals surface area contributed by atoms with Crippen LogP contribution < -0.4 is 5.73 Å². The quantitative estimate of drug-likeness (QED) is 0.777. The van der Waals surface area contributed by atoms with Crippen molar-refractivity contribution in [3.05, 3.63) is 0 Å². The minimum Gasteiger partial charge on any atom is -0.458 e. The van der Waals surface area contributed by atoms with Crippen molar-refractivity contribution in [1.82, 2.24) is 0 Å². The molecule has 0 bridgehead atoms. The van der Waals surface area contributed by atoms with Gasteiger partial charge in [-0.05, 0) is 37.0 Å². The molecule has 4 nitrogen and oxygen atoms in total. The van der Waals surface area contributed by atoms with E-state index in [1.807, 2.05) is 0 Å². The van der Waals surface area contributed by atoms with Gasteiger partial charge in [0.05, 0.1) is 12.7 Å². The zero-order valence-electron chi connectivity index (χ0n) is 11.6. The van der Waals surface area contributed by atoms with E-state index in [0.29, 0.717) is 24.2 Å². The smallest absolute Gasteiger partial charge is 0.323 e. The summed E-state index contributed by atoms with van der Waals surface area (Å²) in [5.41, 5.74) is 5.85. The third kappa shape index (κ3) is 2.86. The van der Waals surface area contributed by atoms with Gasteiger partial charge in [0, 0.05) is 0 Å². The van der Waals surface area contributed by atoms with Crippen LogP contribution in [0.4, 0.5) is 0 Å². The Morgan fingerprint density at radius 3 is 2.83 bits per heavy atom. The Balaban J connectivity index is 1.85. The van der Waals surface area contributed by atoms with E-state index in [1.54, 1.807) is 0 Å². The highest BCUT2D eigenvalue weighted by Gasteiger charge is 2.46. The van der Waals surface area contributed by atoms with Crippen LogP contribution in [0.5, 0.6) is 0 Å². The summed E-state index contributed by atoms with van der Waals surface area (Å²) in [6, 6.07) is -0.497. The maximum absolute atomic E-state index is 11.9. The van der Waals surface area contributed by atoms with Gasteiger partial charge in [0.1, 0.15) is 12.1 Å². The van der Waals surface area contributed by atoms with Crippen molar-refractivity contribution in [1.29, 1.82) is 0 Å². The summed E-state index contributed by atoms with van der Waals surface area (Å²) in [5.74, 6) is 1.29. The Hall–Kier alpha value is -0.610. The van der Waals surface area contributed by atoms with Crippen molar-refractivity contribution in [2.75, 3.05) is 6.61 Å². The molecule has 4 heteroatoms. The number of rotatable bonds is 4. The standard InChI is InChI=1S/C14H25NO3/c1-8(2)6-11(15)14(16)18-12-5-4-10-9(3)7-17-13(10)12/h8-13H,4-7,15H2,1-3H3/t9?,10?,11?,12-,13?/m0/s1. The topological polar surface area (TPSA) is 61.6 Å². The molecule has 18 heavy (non-hydrogen) atoms. The Morgan fingerprint density at radius 2 is 2.17 bits per heavy atom. The fourth-order valence-corrected chi connectivity index (χ4v) is 3.15. The third-order valence-electron chi connectivity index (χ3n) is 4.15. The van der Waals surface area contributed by atoms with Crippen LogP contribution in [0.15, 0.2) is 0 Å². The molecule has 2 rings (SSSR count). The molecule has 0 aromatic rings. The lowest BCUT2D eigenvalue weighted by atomic mass is 9.94. The molecular formula is C14H25NO3. The molecule has 0 spiro atoms.